The van der Waals surface area contributed by atoms with E-state index >= 15 is 0 Å². The van der Waals surface area contributed by atoms with Crippen LogP contribution in [0.25, 0.3) is 0 Å². The summed E-state index contributed by atoms with van der Waals surface area (Å²) in [5.74, 6) is 2.12. The van der Waals surface area contributed by atoms with E-state index in [2.05, 4.69) is 20.6 Å². The summed E-state index contributed by atoms with van der Waals surface area (Å²) in [4.78, 5) is 7.68. The second-order valence-corrected chi connectivity index (χ2v) is 6.62. The number of rotatable bonds is 9. The van der Waals surface area contributed by atoms with Gasteiger partial charge in [0.25, 0.3) is 0 Å². The second-order valence-electron chi connectivity index (χ2n) is 5.68. The Morgan fingerprint density at radius 1 is 1.14 bits per heavy atom. The zero-order valence-corrected chi connectivity index (χ0v) is 19.2. The van der Waals surface area contributed by atoms with Crippen LogP contribution in [0.15, 0.2) is 34.6 Å². The van der Waals surface area contributed by atoms with Crippen molar-refractivity contribution >= 4 is 41.3 Å². The van der Waals surface area contributed by atoms with E-state index in [-0.39, 0.29) is 24.0 Å². The number of guanidine groups is 1. The van der Waals surface area contributed by atoms with E-state index < -0.39 is 11.9 Å². The molecule has 2 aromatic rings. The van der Waals surface area contributed by atoms with Crippen LogP contribution in [-0.2, 0) is 12.6 Å². The first-order valence-electron chi connectivity index (χ1n) is 8.65. The summed E-state index contributed by atoms with van der Waals surface area (Å²) < 4.78 is 48.3. The first kappa shape index (κ1) is 25.3. The number of halogens is 4. The van der Waals surface area contributed by atoms with Crippen molar-refractivity contribution in [2.75, 3.05) is 33.9 Å². The third-order valence-corrected chi connectivity index (χ3v) is 4.55. The summed E-state index contributed by atoms with van der Waals surface area (Å²) in [6.45, 7) is 1.62. The van der Waals surface area contributed by atoms with E-state index in [9.17, 15) is 13.2 Å². The Labute approximate surface area is 188 Å². The highest BCUT2D eigenvalue weighted by Crippen LogP contribution is 2.30. The Morgan fingerprint density at radius 2 is 1.79 bits per heavy atom. The van der Waals surface area contributed by atoms with Gasteiger partial charge in [-0.3, -0.25) is 4.99 Å². The number of thiazole rings is 1. The average Bonchev–Trinajstić information content (AvgIpc) is 3.16. The first-order valence-corrected chi connectivity index (χ1v) is 9.53. The van der Waals surface area contributed by atoms with Gasteiger partial charge in [0.1, 0.15) is 11.5 Å². The van der Waals surface area contributed by atoms with Crippen LogP contribution in [0.1, 0.15) is 17.1 Å². The predicted octanol–water partition coefficient (Wildman–Crippen LogP) is 3.97. The summed E-state index contributed by atoms with van der Waals surface area (Å²) in [5, 5.41) is 7.65. The van der Waals surface area contributed by atoms with Crippen molar-refractivity contribution in [2.24, 2.45) is 4.99 Å². The van der Waals surface area contributed by atoms with Crippen LogP contribution in [0.5, 0.6) is 11.5 Å². The molecule has 2 N–H and O–H groups in total. The molecule has 1 aromatic heterocycles. The second kappa shape index (κ2) is 12.7. The van der Waals surface area contributed by atoms with Crippen LogP contribution in [-0.4, -0.2) is 44.8 Å². The highest BCUT2D eigenvalue weighted by atomic mass is 127. The Morgan fingerprint density at radius 3 is 2.38 bits per heavy atom. The minimum Gasteiger partial charge on any atom is -0.497 e. The molecule has 0 saturated heterocycles. The number of aliphatic imine (C=N–C) groups is 1. The van der Waals surface area contributed by atoms with E-state index in [0.29, 0.717) is 37.1 Å². The SMILES string of the molecule is CN=C(NCCCOc1ccc(OC)cc1)NCCc1nc(C(F)(F)F)cs1.I. The molecule has 0 saturated carbocycles. The fraction of sp³-hybridized carbons (Fsp3) is 0.444. The Bertz CT molecular complexity index is 754. The van der Waals surface area contributed by atoms with Crippen LogP contribution in [0.2, 0.25) is 0 Å². The number of nitrogens with one attached hydrogen (secondary N) is 2. The monoisotopic (exact) mass is 544 g/mol. The minimum atomic E-state index is -4.40. The minimum absolute atomic E-state index is 0. The lowest BCUT2D eigenvalue weighted by Gasteiger charge is -2.12. The lowest BCUT2D eigenvalue weighted by molar-refractivity contribution is -0.140. The van der Waals surface area contributed by atoms with Crippen molar-refractivity contribution in [1.82, 2.24) is 15.6 Å². The zero-order valence-electron chi connectivity index (χ0n) is 16.1. The molecule has 0 atom stereocenters. The summed E-state index contributed by atoms with van der Waals surface area (Å²) in [7, 11) is 3.24. The molecule has 0 unspecified atom stereocenters. The van der Waals surface area contributed by atoms with Gasteiger partial charge in [0.2, 0.25) is 0 Å². The number of alkyl halides is 3. The molecule has 0 aliphatic heterocycles. The number of hydrogen-bond donors (Lipinski definition) is 2. The number of nitrogens with zero attached hydrogens (tertiary/aromatic N) is 2. The van der Waals surface area contributed by atoms with Crippen LogP contribution >= 0.6 is 35.3 Å². The Kier molecular flexibility index (Phi) is 11.1. The topological polar surface area (TPSA) is 67.8 Å². The van der Waals surface area contributed by atoms with Gasteiger partial charge < -0.3 is 20.1 Å². The molecule has 0 radical (unpaired) electrons. The molecule has 0 fully saturated rings. The van der Waals surface area contributed by atoms with Crippen LogP contribution < -0.4 is 20.1 Å². The van der Waals surface area contributed by atoms with Crippen molar-refractivity contribution in [1.29, 1.82) is 0 Å². The molecule has 162 valence electrons. The fourth-order valence-electron chi connectivity index (χ4n) is 2.21. The van der Waals surface area contributed by atoms with Gasteiger partial charge in [-0.1, -0.05) is 0 Å². The molecular formula is C18H24F3IN4O2S. The predicted molar refractivity (Wildman–Crippen MR) is 119 cm³/mol. The van der Waals surface area contributed by atoms with Gasteiger partial charge in [0.05, 0.1) is 18.7 Å². The molecular weight excluding hydrogens is 520 g/mol. The van der Waals surface area contributed by atoms with E-state index in [1.807, 2.05) is 24.3 Å². The normalized spacial score (nSPS) is 11.6. The average molecular weight is 544 g/mol. The van der Waals surface area contributed by atoms with E-state index in [4.69, 9.17) is 9.47 Å². The molecule has 11 heteroatoms. The van der Waals surface area contributed by atoms with Gasteiger partial charge in [0, 0.05) is 31.9 Å². The lowest BCUT2D eigenvalue weighted by atomic mass is 10.3. The number of benzene rings is 1. The first-order chi connectivity index (χ1) is 13.4. The van der Waals surface area contributed by atoms with Crippen molar-refractivity contribution in [2.45, 2.75) is 19.0 Å². The summed E-state index contributed by atoms with van der Waals surface area (Å²) in [6.07, 6.45) is -3.25. The van der Waals surface area contributed by atoms with Crippen LogP contribution in [0, 0.1) is 0 Å². The highest BCUT2D eigenvalue weighted by Gasteiger charge is 2.33. The van der Waals surface area contributed by atoms with Gasteiger partial charge in [0.15, 0.2) is 11.7 Å². The van der Waals surface area contributed by atoms with Crippen molar-refractivity contribution in [3.63, 3.8) is 0 Å². The molecule has 0 aliphatic rings. The van der Waals surface area contributed by atoms with Gasteiger partial charge in [-0.25, -0.2) is 4.98 Å². The maximum Gasteiger partial charge on any atom is 0.434 e. The van der Waals surface area contributed by atoms with Gasteiger partial charge in [-0.15, -0.1) is 35.3 Å². The number of methoxy groups -OCH3 is 1. The standard InChI is InChI=1S/C18H23F3N4O2S.HI/c1-22-17(24-10-8-16-25-15(12-28-16)18(19,20)21)23-9-3-11-27-14-6-4-13(26-2)5-7-14;/h4-7,12H,3,8-11H2,1-2H3,(H2,22,23,24);1H. The molecule has 6 nitrogen and oxygen atoms in total. The lowest BCUT2D eigenvalue weighted by Crippen LogP contribution is -2.39. The Hall–Kier alpha value is -1.76. The maximum absolute atomic E-state index is 12.5. The zero-order chi connectivity index (χ0) is 20.4. The molecule has 0 bridgehead atoms. The van der Waals surface area contributed by atoms with Gasteiger partial charge >= 0.3 is 6.18 Å². The molecule has 0 spiro atoms. The molecule has 1 heterocycles. The van der Waals surface area contributed by atoms with Crippen LogP contribution in [0.3, 0.4) is 0 Å². The van der Waals surface area contributed by atoms with E-state index in [1.54, 1.807) is 14.2 Å². The largest absolute Gasteiger partial charge is 0.497 e. The summed E-state index contributed by atoms with van der Waals surface area (Å²) >= 11 is 1.00. The quantitative estimate of drug-likeness (QED) is 0.217. The van der Waals surface area contributed by atoms with Crippen molar-refractivity contribution in [3.8, 4) is 11.5 Å². The Balaban J connectivity index is 0.00000420. The van der Waals surface area contributed by atoms with Crippen LogP contribution in [0.4, 0.5) is 13.2 Å². The summed E-state index contributed by atoms with van der Waals surface area (Å²) in [5.41, 5.74) is -0.841. The number of hydrogen-bond acceptors (Lipinski definition) is 5. The van der Waals surface area contributed by atoms with Gasteiger partial charge in [-0.2, -0.15) is 13.2 Å². The molecule has 0 aliphatic carbocycles. The maximum atomic E-state index is 12.5. The van der Waals surface area contributed by atoms with E-state index in [0.717, 1.165) is 34.6 Å². The molecule has 29 heavy (non-hydrogen) atoms. The molecule has 2 rings (SSSR count). The molecule has 1 aromatic carbocycles. The number of ether oxygens (including phenoxy) is 2. The highest BCUT2D eigenvalue weighted by molar-refractivity contribution is 14.0. The van der Waals surface area contributed by atoms with Gasteiger partial charge in [-0.05, 0) is 30.7 Å². The van der Waals surface area contributed by atoms with Crippen molar-refractivity contribution in [3.05, 3.63) is 40.3 Å². The van der Waals surface area contributed by atoms with Crippen molar-refractivity contribution < 1.29 is 22.6 Å². The fourth-order valence-corrected chi connectivity index (χ4v) is 3.01. The summed E-state index contributed by atoms with van der Waals surface area (Å²) in [6, 6.07) is 7.35. The third-order valence-electron chi connectivity index (χ3n) is 3.64. The number of aromatic nitrogens is 1. The third kappa shape index (κ3) is 9.07. The van der Waals surface area contributed by atoms with E-state index in [1.165, 1.54) is 0 Å². The smallest absolute Gasteiger partial charge is 0.434 e. The molecule has 0 amide bonds.